The number of aromatic nitrogens is 5. The number of rotatable bonds is 7. The molecule has 6 heteroatoms. The molecule has 6 nitrogen and oxygen atoms in total. The molecular weight excluding hydrogens is 240 g/mol. The van der Waals surface area contributed by atoms with Gasteiger partial charge in [0.15, 0.2) is 0 Å². The van der Waals surface area contributed by atoms with E-state index in [1.165, 1.54) is 0 Å². The van der Waals surface area contributed by atoms with Crippen molar-refractivity contribution in [1.82, 2.24) is 24.5 Å². The summed E-state index contributed by atoms with van der Waals surface area (Å²) in [4.78, 5) is 4.19. The van der Waals surface area contributed by atoms with Crippen LogP contribution in [0, 0.1) is 0 Å². The van der Waals surface area contributed by atoms with Crippen molar-refractivity contribution in [2.75, 3.05) is 0 Å². The average Bonchev–Trinajstić information content (AvgIpc) is 3.01. The minimum absolute atomic E-state index is 0.0145. The molecule has 0 bridgehead atoms. The maximum absolute atomic E-state index is 6.04. The van der Waals surface area contributed by atoms with E-state index in [0.717, 1.165) is 37.2 Å². The number of hydrogen-bond donors (Lipinski definition) is 1. The zero-order chi connectivity index (χ0) is 13.7. The highest BCUT2D eigenvalue weighted by molar-refractivity contribution is 5.03. The molecule has 1 atom stereocenters. The molecule has 2 aromatic rings. The molecule has 0 saturated carbocycles. The zero-order valence-corrected chi connectivity index (χ0v) is 11.7. The lowest BCUT2D eigenvalue weighted by atomic mass is 10.1. The molecule has 0 radical (unpaired) electrons. The van der Waals surface area contributed by atoms with Gasteiger partial charge in [0.05, 0.1) is 42.7 Å². The summed E-state index contributed by atoms with van der Waals surface area (Å²) in [6.45, 7) is 5.94. The first-order valence-electron chi connectivity index (χ1n) is 6.89. The molecule has 104 valence electrons. The van der Waals surface area contributed by atoms with Crippen molar-refractivity contribution in [3.05, 3.63) is 30.1 Å². The lowest BCUT2D eigenvalue weighted by molar-refractivity contribution is 0.583. The van der Waals surface area contributed by atoms with Crippen LogP contribution in [0.4, 0.5) is 0 Å². The van der Waals surface area contributed by atoms with Gasteiger partial charge in [-0.1, -0.05) is 25.5 Å². The van der Waals surface area contributed by atoms with Crippen LogP contribution in [0.2, 0.25) is 0 Å². The van der Waals surface area contributed by atoms with E-state index in [4.69, 9.17) is 5.73 Å². The van der Waals surface area contributed by atoms with Crippen LogP contribution in [0.25, 0.3) is 0 Å². The van der Waals surface area contributed by atoms with Crippen LogP contribution in [-0.4, -0.2) is 24.5 Å². The van der Waals surface area contributed by atoms with Crippen molar-refractivity contribution in [3.63, 3.8) is 0 Å². The number of aryl methyl sites for hydroxylation is 1. The molecular formula is C13H22N6. The third-order valence-electron chi connectivity index (χ3n) is 3.12. The maximum atomic E-state index is 6.04. The molecule has 0 aliphatic heterocycles. The average molecular weight is 262 g/mol. The minimum Gasteiger partial charge on any atom is -0.333 e. The second-order valence-corrected chi connectivity index (χ2v) is 4.81. The Balaban J connectivity index is 2.05. The van der Waals surface area contributed by atoms with Gasteiger partial charge in [0.2, 0.25) is 0 Å². The summed E-state index contributed by atoms with van der Waals surface area (Å²) in [6.07, 6.45) is 8.75. The molecule has 1 unspecified atom stereocenters. The minimum atomic E-state index is -0.0145. The Hall–Kier alpha value is -1.69. The largest absolute Gasteiger partial charge is 0.333 e. The molecule has 2 rings (SSSR count). The fourth-order valence-corrected chi connectivity index (χ4v) is 2.11. The summed E-state index contributed by atoms with van der Waals surface area (Å²) in [7, 11) is 0. The van der Waals surface area contributed by atoms with E-state index in [1.807, 2.05) is 23.4 Å². The van der Waals surface area contributed by atoms with Crippen LogP contribution in [0.5, 0.6) is 0 Å². The summed E-state index contributed by atoms with van der Waals surface area (Å²) in [5.74, 6) is 0. The number of nitrogens with zero attached hydrogens (tertiary/aromatic N) is 5. The molecule has 0 saturated heterocycles. The number of nitrogens with two attached hydrogens (primary N) is 1. The highest BCUT2D eigenvalue weighted by atomic mass is 15.4. The molecule has 0 fully saturated rings. The molecule has 2 heterocycles. The monoisotopic (exact) mass is 262 g/mol. The Morgan fingerprint density at radius 1 is 1.32 bits per heavy atom. The van der Waals surface area contributed by atoms with E-state index in [-0.39, 0.29) is 6.04 Å². The summed E-state index contributed by atoms with van der Waals surface area (Å²) >= 11 is 0. The van der Waals surface area contributed by atoms with Crippen molar-refractivity contribution in [2.45, 2.75) is 52.2 Å². The van der Waals surface area contributed by atoms with Gasteiger partial charge in [-0.3, -0.25) is 0 Å². The first kappa shape index (κ1) is 13.7. The summed E-state index contributed by atoms with van der Waals surface area (Å²) < 4.78 is 3.97. The Bertz CT molecular complexity index is 501. The third-order valence-corrected chi connectivity index (χ3v) is 3.12. The van der Waals surface area contributed by atoms with Gasteiger partial charge in [-0.05, 0) is 12.8 Å². The van der Waals surface area contributed by atoms with Crippen molar-refractivity contribution in [1.29, 1.82) is 0 Å². The fraction of sp³-hybridized carbons (Fsp3) is 0.615. The summed E-state index contributed by atoms with van der Waals surface area (Å²) in [5.41, 5.74) is 8.04. The molecule has 2 N–H and O–H groups in total. The second kappa shape index (κ2) is 6.47. The van der Waals surface area contributed by atoms with Gasteiger partial charge < -0.3 is 10.3 Å². The number of imidazole rings is 1. The van der Waals surface area contributed by atoms with Gasteiger partial charge >= 0.3 is 0 Å². The zero-order valence-electron chi connectivity index (χ0n) is 11.7. The molecule has 0 aliphatic carbocycles. The van der Waals surface area contributed by atoms with Gasteiger partial charge in [-0.25, -0.2) is 9.67 Å². The first-order chi connectivity index (χ1) is 9.24. The van der Waals surface area contributed by atoms with E-state index in [0.29, 0.717) is 6.54 Å². The number of hydrogen-bond acceptors (Lipinski definition) is 4. The highest BCUT2D eigenvalue weighted by Gasteiger charge is 2.10. The Kier molecular flexibility index (Phi) is 4.68. The summed E-state index contributed by atoms with van der Waals surface area (Å²) in [5, 5.41) is 8.29. The molecule has 0 aliphatic rings. The van der Waals surface area contributed by atoms with Crippen LogP contribution in [-0.2, 0) is 13.1 Å². The summed E-state index contributed by atoms with van der Waals surface area (Å²) in [6, 6.07) is -0.0145. The topological polar surface area (TPSA) is 74.6 Å². The van der Waals surface area contributed by atoms with Crippen LogP contribution >= 0.6 is 0 Å². The van der Waals surface area contributed by atoms with Gasteiger partial charge in [0, 0.05) is 6.54 Å². The molecule has 0 aromatic carbocycles. The van der Waals surface area contributed by atoms with E-state index in [1.54, 1.807) is 0 Å². The molecule has 0 spiro atoms. The van der Waals surface area contributed by atoms with Crippen molar-refractivity contribution < 1.29 is 0 Å². The predicted octanol–water partition coefficient (Wildman–Crippen LogP) is 1.73. The molecule has 0 amide bonds. The van der Waals surface area contributed by atoms with Gasteiger partial charge in [0.1, 0.15) is 0 Å². The smallest absolute Gasteiger partial charge is 0.0994 e. The standard InChI is InChI=1S/C13H22N6/c1-3-5-12(14)13-9-19(17-16-13)8-11-7-15-10-18(11)6-4-2/h7,9-10,12H,3-6,8,14H2,1-2H3. The Morgan fingerprint density at radius 2 is 2.16 bits per heavy atom. The maximum Gasteiger partial charge on any atom is 0.0994 e. The van der Waals surface area contributed by atoms with Crippen LogP contribution in [0.1, 0.15) is 50.5 Å². The quantitative estimate of drug-likeness (QED) is 0.824. The van der Waals surface area contributed by atoms with Gasteiger partial charge in [0.25, 0.3) is 0 Å². The Morgan fingerprint density at radius 3 is 2.89 bits per heavy atom. The fourth-order valence-electron chi connectivity index (χ4n) is 2.11. The highest BCUT2D eigenvalue weighted by Crippen LogP contribution is 2.12. The van der Waals surface area contributed by atoms with E-state index < -0.39 is 0 Å². The van der Waals surface area contributed by atoms with Crippen LogP contribution < -0.4 is 5.73 Å². The second-order valence-electron chi connectivity index (χ2n) is 4.81. The van der Waals surface area contributed by atoms with Crippen LogP contribution in [0.15, 0.2) is 18.7 Å². The first-order valence-corrected chi connectivity index (χ1v) is 6.89. The predicted molar refractivity (Wildman–Crippen MR) is 73.5 cm³/mol. The van der Waals surface area contributed by atoms with Crippen molar-refractivity contribution in [3.8, 4) is 0 Å². The third kappa shape index (κ3) is 3.41. The normalized spacial score (nSPS) is 12.8. The molecule has 2 aromatic heterocycles. The van der Waals surface area contributed by atoms with E-state index in [9.17, 15) is 0 Å². The van der Waals surface area contributed by atoms with E-state index >= 15 is 0 Å². The van der Waals surface area contributed by atoms with Gasteiger partial charge in [-0.2, -0.15) is 0 Å². The Labute approximate surface area is 113 Å². The lowest BCUT2D eigenvalue weighted by Gasteiger charge is -2.06. The van der Waals surface area contributed by atoms with Crippen molar-refractivity contribution in [2.24, 2.45) is 5.73 Å². The SMILES string of the molecule is CCCC(N)c1cn(Cc2cncn2CCC)nn1. The lowest BCUT2D eigenvalue weighted by Crippen LogP contribution is -2.10. The van der Waals surface area contributed by atoms with E-state index in [2.05, 4.69) is 33.7 Å². The van der Waals surface area contributed by atoms with Crippen molar-refractivity contribution >= 4 is 0 Å². The van der Waals surface area contributed by atoms with Crippen LogP contribution in [0.3, 0.4) is 0 Å². The van der Waals surface area contributed by atoms with Gasteiger partial charge in [-0.15, -0.1) is 5.10 Å². The molecule has 19 heavy (non-hydrogen) atoms.